The number of rotatable bonds is 7. The topological polar surface area (TPSA) is 97.8 Å². The van der Waals surface area contributed by atoms with Gasteiger partial charge in [-0.25, -0.2) is 9.78 Å². The van der Waals surface area contributed by atoms with Crippen LogP contribution in [0.4, 0.5) is 11.4 Å². The number of amides is 2. The SMILES string of the molecule is CCCc1nc(-c2ccc3c(c2)N(CC(=O)Nc2ccc(C(=O)OC)cc2)C(=O)CO3)cs1. The molecule has 0 unspecified atom stereocenters. The first-order valence-electron chi connectivity index (χ1n) is 10.5. The molecule has 0 fully saturated rings. The van der Waals surface area contributed by atoms with Crippen molar-refractivity contribution < 1.29 is 23.9 Å². The van der Waals surface area contributed by atoms with E-state index in [1.807, 2.05) is 17.5 Å². The number of hydrogen-bond donors (Lipinski definition) is 1. The summed E-state index contributed by atoms with van der Waals surface area (Å²) in [6.45, 7) is 1.81. The number of nitrogens with zero attached hydrogens (tertiary/aromatic N) is 2. The first-order valence-corrected chi connectivity index (χ1v) is 11.4. The second kappa shape index (κ2) is 9.83. The van der Waals surface area contributed by atoms with Crippen LogP contribution in [0.1, 0.15) is 28.7 Å². The van der Waals surface area contributed by atoms with Crippen molar-refractivity contribution in [2.75, 3.05) is 30.5 Å². The molecule has 0 atom stereocenters. The second-order valence-electron chi connectivity index (χ2n) is 7.44. The van der Waals surface area contributed by atoms with Gasteiger partial charge in [0.15, 0.2) is 6.61 Å². The zero-order chi connectivity index (χ0) is 23.4. The Labute approximate surface area is 195 Å². The van der Waals surface area contributed by atoms with Crippen molar-refractivity contribution in [3.05, 3.63) is 58.4 Å². The second-order valence-corrected chi connectivity index (χ2v) is 8.39. The highest BCUT2D eigenvalue weighted by Crippen LogP contribution is 2.36. The molecule has 0 aliphatic carbocycles. The van der Waals surface area contributed by atoms with E-state index >= 15 is 0 Å². The Kier molecular flexibility index (Phi) is 6.69. The van der Waals surface area contributed by atoms with E-state index in [9.17, 15) is 14.4 Å². The number of methoxy groups -OCH3 is 1. The number of ether oxygens (including phenoxy) is 2. The molecule has 0 spiro atoms. The molecule has 0 saturated heterocycles. The molecule has 1 aliphatic heterocycles. The van der Waals surface area contributed by atoms with Gasteiger partial charge >= 0.3 is 5.97 Å². The number of aryl methyl sites for hydroxylation is 1. The molecule has 4 rings (SSSR count). The summed E-state index contributed by atoms with van der Waals surface area (Å²) in [4.78, 5) is 42.9. The summed E-state index contributed by atoms with van der Waals surface area (Å²) >= 11 is 1.61. The lowest BCUT2D eigenvalue weighted by Crippen LogP contribution is -2.43. The van der Waals surface area contributed by atoms with Crippen molar-refractivity contribution in [2.45, 2.75) is 19.8 Å². The van der Waals surface area contributed by atoms with Crippen LogP contribution in [0, 0.1) is 0 Å². The van der Waals surface area contributed by atoms with Crippen molar-refractivity contribution in [1.29, 1.82) is 0 Å². The van der Waals surface area contributed by atoms with Crippen LogP contribution >= 0.6 is 11.3 Å². The summed E-state index contributed by atoms with van der Waals surface area (Å²) in [5, 5.41) is 5.81. The van der Waals surface area contributed by atoms with E-state index in [0.29, 0.717) is 22.7 Å². The Morgan fingerprint density at radius 3 is 2.73 bits per heavy atom. The highest BCUT2D eigenvalue weighted by molar-refractivity contribution is 7.09. The van der Waals surface area contributed by atoms with Crippen molar-refractivity contribution in [3.63, 3.8) is 0 Å². The van der Waals surface area contributed by atoms with Crippen LogP contribution in [-0.4, -0.2) is 43.0 Å². The van der Waals surface area contributed by atoms with Gasteiger partial charge in [0.25, 0.3) is 5.91 Å². The lowest BCUT2D eigenvalue weighted by Gasteiger charge is -2.29. The molecule has 0 radical (unpaired) electrons. The summed E-state index contributed by atoms with van der Waals surface area (Å²) in [7, 11) is 1.30. The fraction of sp³-hybridized carbons (Fsp3) is 0.250. The van der Waals surface area contributed by atoms with Crippen molar-refractivity contribution in [1.82, 2.24) is 4.98 Å². The van der Waals surface area contributed by atoms with E-state index in [1.54, 1.807) is 41.7 Å². The average molecular weight is 466 g/mol. The number of nitrogens with one attached hydrogen (secondary N) is 1. The third kappa shape index (κ3) is 5.04. The fourth-order valence-corrected chi connectivity index (χ4v) is 4.37. The van der Waals surface area contributed by atoms with Gasteiger partial charge in [-0.3, -0.25) is 14.5 Å². The number of carbonyl (C=O) groups is 3. The number of esters is 1. The first-order chi connectivity index (χ1) is 16.0. The summed E-state index contributed by atoms with van der Waals surface area (Å²) in [6.07, 6.45) is 1.94. The maximum absolute atomic E-state index is 12.7. The zero-order valence-electron chi connectivity index (χ0n) is 18.3. The molecule has 8 nitrogen and oxygen atoms in total. The molecule has 2 aromatic carbocycles. The molecule has 9 heteroatoms. The van der Waals surface area contributed by atoms with Gasteiger partial charge < -0.3 is 14.8 Å². The minimum Gasteiger partial charge on any atom is -0.482 e. The zero-order valence-corrected chi connectivity index (χ0v) is 19.1. The summed E-state index contributed by atoms with van der Waals surface area (Å²) in [6, 6.07) is 11.9. The van der Waals surface area contributed by atoms with Crippen molar-refractivity contribution in [3.8, 4) is 17.0 Å². The van der Waals surface area contributed by atoms with Crippen LogP contribution < -0.4 is 15.0 Å². The van der Waals surface area contributed by atoms with Gasteiger partial charge in [0.05, 0.1) is 29.1 Å². The number of aromatic nitrogens is 1. The predicted molar refractivity (Wildman–Crippen MR) is 126 cm³/mol. The monoisotopic (exact) mass is 465 g/mol. The number of fused-ring (bicyclic) bond motifs is 1. The van der Waals surface area contributed by atoms with Gasteiger partial charge in [0, 0.05) is 16.6 Å². The molecule has 2 amide bonds. The Morgan fingerprint density at radius 1 is 1.21 bits per heavy atom. The Morgan fingerprint density at radius 2 is 2.00 bits per heavy atom. The molecule has 1 N–H and O–H groups in total. The van der Waals surface area contributed by atoms with Crippen LogP contribution in [0.2, 0.25) is 0 Å². The Balaban J connectivity index is 1.51. The van der Waals surface area contributed by atoms with Gasteiger partial charge in [-0.2, -0.15) is 0 Å². The molecule has 1 aliphatic rings. The molecule has 0 saturated carbocycles. The van der Waals surface area contributed by atoms with Crippen LogP contribution in [0.5, 0.6) is 5.75 Å². The van der Waals surface area contributed by atoms with Gasteiger partial charge in [-0.05, 0) is 55.3 Å². The number of benzene rings is 2. The molecular formula is C24H23N3O5S. The largest absolute Gasteiger partial charge is 0.482 e. The molecular weight excluding hydrogens is 442 g/mol. The molecule has 2 heterocycles. The van der Waals surface area contributed by atoms with Crippen LogP contribution in [-0.2, 0) is 20.7 Å². The van der Waals surface area contributed by atoms with E-state index in [1.165, 1.54) is 12.0 Å². The van der Waals surface area contributed by atoms with E-state index < -0.39 is 5.97 Å². The van der Waals surface area contributed by atoms with Crippen LogP contribution in [0.15, 0.2) is 47.8 Å². The van der Waals surface area contributed by atoms with Gasteiger partial charge in [-0.1, -0.05) is 6.92 Å². The highest BCUT2D eigenvalue weighted by atomic mass is 32.1. The van der Waals surface area contributed by atoms with Crippen LogP contribution in [0.25, 0.3) is 11.3 Å². The van der Waals surface area contributed by atoms with Crippen LogP contribution in [0.3, 0.4) is 0 Å². The summed E-state index contributed by atoms with van der Waals surface area (Å²) < 4.78 is 10.2. The standard InChI is InChI=1S/C24H23N3O5S/c1-3-4-22-26-18(14-33-22)16-7-10-20-19(11-16)27(23(29)13-32-20)12-21(28)25-17-8-5-15(6-9-17)24(30)31-2/h5-11,14H,3-4,12-13H2,1-2H3,(H,25,28). The lowest BCUT2D eigenvalue weighted by atomic mass is 10.1. The van der Waals surface area contributed by atoms with E-state index in [4.69, 9.17) is 4.74 Å². The smallest absolute Gasteiger partial charge is 0.337 e. The normalized spacial score (nSPS) is 12.7. The molecule has 3 aromatic rings. The van der Waals surface area contributed by atoms with Gasteiger partial charge in [-0.15, -0.1) is 11.3 Å². The van der Waals surface area contributed by atoms with E-state index in [0.717, 1.165) is 29.1 Å². The Bertz CT molecular complexity index is 1190. The van der Waals surface area contributed by atoms with E-state index in [-0.39, 0.29) is 25.0 Å². The third-order valence-electron chi connectivity index (χ3n) is 5.10. The number of carbonyl (C=O) groups excluding carboxylic acids is 3. The lowest BCUT2D eigenvalue weighted by molar-refractivity contribution is -0.123. The van der Waals surface area contributed by atoms with Gasteiger partial charge in [0.1, 0.15) is 12.3 Å². The highest BCUT2D eigenvalue weighted by Gasteiger charge is 2.28. The predicted octanol–water partition coefficient (Wildman–Crippen LogP) is 3.91. The number of anilines is 2. The van der Waals surface area contributed by atoms with Crippen molar-refractivity contribution in [2.24, 2.45) is 0 Å². The maximum Gasteiger partial charge on any atom is 0.337 e. The summed E-state index contributed by atoms with van der Waals surface area (Å²) in [5.41, 5.74) is 3.11. The Hall–Kier alpha value is -3.72. The quantitative estimate of drug-likeness (QED) is 0.531. The first kappa shape index (κ1) is 22.5. The molecule has 33 heavy (non-hydrogen) atoms. The molecule has 0 bridgehead atoms. The fourth-order valence-electron chi connectivity index (χ4n) is 3.46. The summed E-state index contributed by atoms with van der Waals surface area (Å²) in [5.74, 6) is -0.592. The average Bonchev–Trinajstić information content (AvgIpc) is 3.29. The van der Waals surface area contributed by atoms with E-state index in [2.05, 4.69) is 22.0 Å². The van der Waals surface area contributed by atoms with Gasteiger partial charge in [0.2, 0.25) is 5.91 Å². The minimum atomic E-state index is -0.457. The van der Waals surface area contributed by atoms with Crippen molar-refractivity contribution >= 4 is 40.5 Å². The number of thiazole rings is 1. The molecule has 170 valence electrons. The third-order valence-corrected chi connectivity index (χ3v) is 6.01. The molecule has 1 aromatic heterocycles. The maximum atomic E-state index is 12.7. The number of hydrogen-bond acceptors (Lipinski definition) is 7. The minimum absolute atomic E-state index is 0.134.